The van der Waals surface area contributed by atoms with Crippen LogP contribution in [0, 0.1) is 5.82 Å². The van der Waals surface area contributed by atoms with E-state index in [9.17, 15) is 12.8 Å². The summed E-state index contributed by atoms with van der Waals surface area (Å²) in [6, 6.07) is 10.4. The molecule has 0 spiro atoms. The van der Waals surface area contributed by atoms with Crippen molar-refractivity contribution in [2.75, 3.05) is 5.32 Å². The van der Waals surface area contributed by atoms with Gasteiger partial charge in [0.15, 0.2) is 0 Å². The zero-order valence-corrected chi connectivity index (χ0v) is 11.9. The molecule has 0 aliphatic heterocycles. The van der Waals surface area contributed by atoms with Crippen LogP contribution in [-0.2, 0) is 16.6 Å². The van der Waals surface area contributed by atoms with E-state index in [1.807, 2.05) is 0 Å². The number of nitrogens with two attached hydrogens (primary N) is 1. The summed E-state index contributed by atoms with van der Waals surface area (Å²) in [5, 5.41) is 8.30. The Labute approximate surface area is 121 Å². The molecule has 0 aliphatic carbocycles. The first-order valence-electron chi connectivity index (χ1n) is 5.67. The lowest BCUT2D eigenvalue weighted by molar-refractivity contribution is 0.597. The van der Waals surface area contributed by atoms with Crippen molar-refractivity contribution in [1.29, 1.82) is 0 Å². The summed E-state index contributed by atoms with van der Waals surface area (Å²) in [7, 11) is -3.75. The molecule has 0 radical (unpaired) electrons. The molecule has 2 aromatic rings. The maximum atomic E-state index is 13.6. The van der Waals surface area contributed by atoms with Gasteiger partial charge in [-0.1, -0.05) is 23.7 Å². The Morgan fingerprint density at radius 2 is 1.95 bits per heavy atom. The summed E-state index contributed by atoms with van der Waals surface area (Å²) in [5.74, 6) is -0.424. The highest BCUT2D eigenvalue weighted by molar-refractivity contribution is 7.89. The van der Waals surface area contributed by atoms with Crippen LogP contribution in [0.1, 0.15) is 5.56 Å². The molecule has 0 saturated heterocycles. The lowest BCUT2D eigenvalue weighted by Crippen LogP contribution is -2.12. The van der Waals surface area contributed by atoms with Gasteiger partial charge in [-0.15, -0.1) is 0 Å². The van der Waals surface area contributed by atoms with Gasteiger partial charge in [0.25, 0.3) is 0 Å². The Balaban J connectivity index is 2.15. The Kier molecular flexibility index (Phi) is 4.27. The second kappa shape index (κ2) is 5.78. The first-order chi connectivity index (χ1) is 9.36. The van der Waals surface area contributed by atoms with Gasteiger partial charge in [-0.25, -0.2) is 17.9 Å². The summed E-state index contributed by atoms with van der Waals surface area (Å²) in [6.45, 7) is 0.205. The van der Waals surface area contributed by atoms with Crippen LogP contribution in [0.25, 0.3) is 0 Å². The molecule has 0 bridgehead atoms. The Morgan fingerprint density at radius 3 is 2.60 bits per heavy atom. The van der Waals surface area contributed by atoms with Crippen LogP contribution in [-0.4, -0.2) is 8.42 Å². The minimum absolute atomic E-state index is 0.000854. The van der Waals surface area contributed by atoms with Gasteiger partial charge < -0.3 is 5.32 Å². The standard InChI is InChI=1S/C13H12ClFN2O2S/c14-10-5-4-9(13(15)6-10)8-17-11-2-1-3-12(7-11)20(16,18)19/h1-7,17H,8H2,(H2,16,18,19). The Hall–Kier alpha value is -1.63. The van der Waals surface area contributed by atoms with Crippen molar-refractivity contribution < 1.29 is 12.8 Å². The number of sulfonamides is 1. The maximum absolute atomic E-state index is 13.6. The second-order valence-corrected chi connectivity index (χ2v) is 6.16. The molecule has 4 nitrogen and oxygen atoms in total. The van der Waals surface area contributed by atoms with E-state index in [1.54, 1.807) is 24.3 Å². The molecule has 20 heavy (non-hydrogen) atoms. The van der Waals surface area contributed by atoms with Crippen molar-refractivity contribution in [3.63, 3.8) is 0 Å². The van der Waals surface area contributed by atoms with Crippen LogP contribution in [0.4, 0.5) is 10.1 Å². The third-order valence-corrected chi connectivity index (χ3v) is 3.81. The van der Waals surface area contributed by atoms with Gasteiger partial charge in [0.2, 0.25) is 10.0 Å². The van der Waals surface area contributed by atoms with Gasteiger partial charge >= 0.3 is 0 Å². The van der Waals surface area contributed by atoms with Crippen LogP contribution < -0.4 is 10.5 Å². The van der Waals surface area contributed by atoms with E-state index in [0.29, 0.717) is 16.3 Å². The highest BCUT2D eigenvalue weighted by atomic mass is 35.5. The largest absolute Gasteiger partial charge is 0.381 e. The quantitative estimate of drug-likeness (QED) is 0.911. The van der Waals surface area contributed by atoms with Crippen LogP contribution in [0.5, 0.6) is 0 Å². The van der Waals surface area contributed by atoms with Crippen LogP contribution in [0.2, 0.25) is 5.02 Å². The Bertz CT molecular complexity index is 735. The maximum Gasteiger partial charge on any atom is 0.238 e. The summed E-state index contributed by atoms with van der Waals surface area (Å²) in [5.41, 5.74) is 0.960. The average molecular weight is 315 g/mol. The first-order valence-corrected chi connectivity index (χ1v) is 7.59. The van der Waals surface area contributed by atoms with E-state index in [4.69, 9.17) is 16.7 Å². The highest BCUT2D eigenvalue weighted by Crippen LogP contribution is 2.18. The summed E-state index contributed by atoms with van der Waals surface area (Å²) in [4.78, 5) is -0.000854. The predicted octanol–water partition coefficient (Wildman–Crippen LogP) is 2.74. The molecule has 2 aromatic carbocycles. The number of benzene rings is 2. The lowest BCUT2D eigenvalue weighted by atomic mass is 10.2. The minimum Gasteiger partial charge on any atom is -0.381 e. The van der Waals surface area contributed by atoms with E-state index in [2.05, 4.69) is 5.32 Å². The third kappa shape index (κ3) is 3.69. The van der Waals surface area contributed by atoms with Crippen LogP contribution in [0.3, 0.4) is 0 Å². The number of rotatable bonds is 4. The fourth-order valence-corrected chi connectivity index (χ4v) is 2.36. The molecule has 106 valence electrons. The molecule has 3 N–H and O–H groups in total. The van der Waals surface area contributed by atoms with Gasteiger partial charge in [0.05, 0.1) is 4.90 Å². The molecule has 0 heterocycles. The van der Waals surface area contributed by atoms with Crippen molar-refractivity contribution in [1.82, 2.24) is 0 Å². The van der Waals surface area contributed by atoms with E-state index in [0.717, 1.165) is 0 Å². The molecule has 0 amide bonds. The smallest absolute Gasteiger partial charge is 0.238 e. The molecule has 0 aromatic heterocycles. The third-order valence-electron chi connectivity index (χ3n) is 2.66. The first kappa shape index (κ1) is 14.8. The van der Waals surface area contributed by atoms with Gasteiger partial charge in [-0.05, 0) is 30.3 Å². The topological polar surface area (TPSA) is 72.2 Å². The fraction of sp³-hybridized carbons (Fsp3) is 0.0769. The molecular formula is C13H12ClFN2O2S. The van der Waals surface area contributed by atoms with Crippen molar-refractivity contribution in [3.8, 4) is 0 Å². The summed E-state index contributed by atoms with van der Waals surface area (Å²) >= 11 is 5.66. The number of nitrogens with one attached hydrogen (secondary N) is 1. The van der Waals surface area contributed by atoms with Gasteiger partial charge in [-0.3, -0.25) is 0 Å². The van der Waals surface area contributed by atoms with Gasteiger partial charge in [0, 0.05) is 22.8 Å². The second-order valence-electron chi connectivity index (χ2n) is 4.16. The van der Waals surface area contributed by atoms with Crippen LogP contribution >= 0.6 is 11.6 Å². The Morgan fingerprint density at radius 1 is 1.20 bits per heavy atom. The molecular weight excluding hydrogens is 303 g/mol. The molecule has 0 unspecified atom stereocenters. The van der Waals surface area contributed by atoms with Crippen molar-refractivity contribution >= 4 is 27.3 Å². The number of halogens is 2. The van der Waals surface area contributed by atoms with E-state index < -0.39 is 15.8 Å². The SMILES string of the molecule is NS(=O)(=O)c1cccc(NCc2ccc(Cl)cc2F)c1. The van der Waals surface area contributed by atoms with Crippen LogP contribution in [0.15, 0.2) is 47.4 Å². The van der Waals surface area contributed by atoms with Crippen molar-refractivity contribution in [3.05, 3.63) is 58.9 Å². The normalized spacial score (nSPS) is 11.3. The van der Waals surface area contributed by atoms with Crippen molar-refractivity contribution in [2.24, 2.45) is 5.14 Å². The summed E-state index contributed by atoms with van der Waals surface area (Å²) < 4.78 is 36.0. The van der Waals surface area contributed by atoms with E-state index >= 15 is 0 Å². The summed E-state index contributed by atoms with van der Waals surface area (Å²) in [6.07, 6.45) is 0. The van der Waals surface area contributed by atoms with Crippen molar-refractivity contribution in [2.45, 2.75) is 11.4 Å². The zero-order chi connectivity index (χ0) is 14.8. The minimum atomic E-state index is -3.75. The molecule has 0 aliphatic rings. The fourth-order valence-electron chi connectivity index (χ4n) is 1.65. The average Bonchev–Trinajstić information content (AvgIpc) is 2.37. The number of hydrogen-bond acceptors (Lipinski definition) is 3. The monoisotopic (exact) mass is 314 g/mol. The lowest BCUT2D eigenvalue weighted by Gasteiger charge is -2.09. The zero-order valence-electron chi connectivity index (χ0n) is 10.3. The van der Waals surface area contributed by atoms with E-state index in [1.165, 1.54) is 18.2 Å². The molecule has 0 fully saturated rings. The van der Waals surface area contributed by atoms with Gasteiger partial charge in [-0.2, -0.15) is 0 Å². The number of hydrogen-bond donors (Lipinski definition) is 2. The predicted molar refractivity (Wildman–Crippen MR) is 76.6 cm³/mol. The van der Waals surface area contributed by atoms with E-state index in [-0.39, 0.29) is 11.4 Å². The molecule has 7 heteroatoms. The molecule has 2 rings (SSSR count). The number of anilines is 1. The number of primary sulfonamides is 1. The molecule has 0 saturated carbocycles. The highest BCUT2D eigenvalue weighted by Gasteiger charge is 2.08. The molecule has 0 atom stereocenters. The van der Waals surface area contributed by atoms with Gasteiger partial charge in [0.1, 0.15) is 5.82 Å².